The van der Waals surface area contributed by atoms with E-state index < -0.39 is 0 Å². The van der Waals surface area contributed by atoms with Gasteiger partial charge < -0.3 is 10.2 Å². The second-order valence-electron chi connectivity index (χ2n) is 7.11. The van der Waals surface area contributed by atoms with Crippen LogP contribution in [0.1, 0.15) is 53.4 Å². The average Bonchev–Trinajstić information content (AvgIpc) is 2.34. The molecule has 0 saturated carbocycles. The first kappa shape index (κ1) is 16.5. The van der Waals surface area contributed by atoms with Crippen LogP contribution in [0.15, 0.2) is 0 Å². The molecule has 0 unspecified atom stereocenters. The number of piperidine rings is 1. The minimum atomic E-state index is -0.202. The highest BCUT2D eigenvalue weighted by Crippen LogP contribution is 2.30. The molecule has 0 spiro atoms. The lowest BCUT2D eigenvalue weighted by atomic mass is 9.81. The average molecular weight is 268 g/mol. The van der Waals surface area contributed by atoms with Gasteiger partial charge in [0.05, 0.1) is 0 Å². The number of hydrogen-bond donors (Lipinski definition) is 1. The number of likely N-dealkylation sites (tertiary alicyclic amines) is 1. The summed E-state index contributed by atoms with van der Waals surface area (Å²) in [6.45, 7) is 11.6. The Morgan fingerprint density at radius 3 is 2.37 bits per heavy atom. The van der Waals surface area contributed by atoms with E-state index in [-0.39, 0.29) is 5.41 Å². The van der Waals surface area contributed by atoms with E-state index in [9.17, 15) is 4.79 Å². The van der Waals surface area contributed by atoms with Gasteiger partial charge in [0.15, 0.2) is 0 Å². The summed E-state index contributed by atoms with van der Waals surface area (Å²) in [5.41, 5.74) is -0.202. The number of rotatable bonds is 6. The van der Waals surface area contributed by atoms with E-state index >= 15 is 0 Å². The molecule has 1 heterocycles. The fraction of sp³-hybridized carbons (Fsp3) is 0.938. The Kier molecular flexibility index (Phi) is 6.31. The van der Waals surface area contributed by atoms with Crippen LogP contribution in [0.3, 0.4) is 0 Å². The molecular formula is C16H32N2O. The highest BCUT2D eigenvalue weighted by atomic mass is 16.2. The van der Waals surface area contributed by atoms with E-state index in [1.165, 1.54) is 19.3 Å². The Hall–Kier alpha value is -0.570. The van der Waals surface area contributed by atoms with Crippen LogP contribution in [0.25, 0.3) is 0 Å². The van der Waals surface area contributed by atoms with Crippen molar-refractivity contribution in [3.05, 3.63) is 0 Å². The van der Waals surface area contributed by atoms with Crippen LogP contribution in [0, 0.1) is 17.3 Å². The van der Waals surface area contributed by atoms with Crippen molar-refractivity contribution < 1.29 is 4.79 Å². The molecule has 3 nitrogen and oxygen atoms in total. The van der Waals surface area contributed by atoms with E-state index in [0.29, 0.717) is 11.8 Å². The fourth-order valence-electron chi connectivity index (χ4n) is 3.31. The third-order valence-corrected chi connectivity index (χ3v) is 4.20. The monoisotopic (exact) mass is 268 g/mol. The fourth-order valence-corrected chi connectivity index (χ4v) is 3.31. The Bertz CT molecular complexity index is 278. The molecule has 19 heavy (non-hydrogen) atoms. The maximum Gasteiger partial charge on any atom is 0.228 e. The molecule has 1 saturated heterocycles. The van der Waals surface area contributed by atoms with Gasteiger partial charge in [0.1, 0.15) is 0 Å². The van der Waals surface area contributed by atoms with Crippen LogP contribution in [-0.2, 0) is 4.79 Å². The lowest BCUT2D eigenvalue weighted by Gasteiger charge is -2.37. The van der Waals surface area contributed by atoms with Crippen molar-refractivity contribution in [2.24, 2.45) is 17.3 Å². The molecule has 3 heteroatoms. The lowest BCUT2D eigenvalue weighted by molar-refractivity contribution is -0.142. The molecule has 1 amide bonds. The van der Waals surface area contributed by atoms with Crippen molar-refractivity contribution in [1.29, 1.82) is 0 Å². The van der Waals surface area contributed by atoms with Gasteiger partial charge in [-0.3, -0.25) is 4.79 Å². The number of hydrogen-bond acceptors (Lipinski definition) is 2. The van der Waals surface area contributed by atoms with Crippen LogP contribution >= 0.6 is 0 Å². The molecule has 0 atom stereocenters. The van der Waals surface area contributed by atoms with Gasteiger partial charge in [0.2, 0.25) is 5.91 Å². The van der Waals surface area contributed by atoms with Crippen LogP contribution in [0.4, 0.5) is 0 Å². The first-order chi connectivity index (χ1) is 8.86. The Morgan fingerprint density at radius 2 is 1.89 bits per heavy atom. The van der Waals surface area contributed by atoms with Crippen molar-refractivity contribution >= 4 is 5.91 Å². The van der Waals surface area contributed by atoms with E-state index in [1.54, 1.807) is 0 Å². The second-order valence-corrected chi connectivity index (χ2v) is 7.11. The van der Waals surface area contributed by atoms with Gasteiger partial charge >= 0.3 is 0 Å². The molecule has 0 aromatic carbocycles. The zero-order valence-corrected chi connectivity index (χ0v) is 13.5. The highest BCUT2D eigenvalue weighted by Gasteiger charge is 2.34. The topological polar surface area (TPSA) is 32.3 Å². The van der Waals surface area contributed by atoms with E-state index in [0.717, 1.165) is 32.0 Å². The SMILES string of the molecule is CNCCC1CCN(C(=O)C(C)(C)CC(C)C)CC1. The van der Waals surface area contributed by atoms with Gasteiger partial charge in [-0.2, -0.15) is 0 Å². The van der Waals surface area contributed by atoms with Gasteiger partial charge in [-0.15, -0.1) is 0 Å². The van der Waals surface area contributed by atoms with Crippen LogP contribution < -0.4 is 5.32 Å². The molecule has 1 aliphatic heterocycles. The van der Waals surface area contributed by atoms with Gasteiger partial charge in [0, 0.05) is 18.5 Å². The summed E-state index contributed by atoms with van der Waals surface area (Å²) in [6.07, 6.45) is 4.57. The Morgan fingerprint density at radius 1 is 1.32 bits per heavy atom. The predicted molar refractivity (Wildman–Crippen MR) is 81.1 cm³/mol. The molecule has 0 aromatic heterocycles. The molecule has 1 fully saturated rings. The molecular weight excluding hydrogens is 236 g/mol. The standard InChI is InChI=1S/C16H32N2O/c1-13(2)12-16(3,4)15(19)18-10-7-14(8-11-18)6-9-17-5/h13-14,17H,6-12H2,1-5H3. The minimum absolute atomic E-state index is 0.202. The normalized spacial score (nSPS) is 18.1. The number of amides is 1. The second kappa shape index (κ2) is 7.28. The summed E-state index contributed by atoms with van der Waals surface area (Å²) in [4.78, 5) is 14.7. The van der Waals surface area contributed by atoms with Gasteiger partial charge in [-0.25, -0.2) is 0 Å². The molecule has 0 radical (unpaired) electrons. The van der Waals surface area contributed by atoms with Gasteiger partial charge in [0.25, 0.3) is 0 Å². The van der Waals surface area contributed by atoms with Gasteiger partial charge in [-0.05, 0) is 51.1 Å². The molecule has 0 aromatic rings. The van der Waals surface area contributed by atoms with Crippen molar-refractivity contribution in [3.8, 4) is 0 Å². The van der Waals surface area contributed by atoms with Crippen LogP contribution in [0.2, 0.25) is 0 Å². The van der Waals surface area contributed by atoms with Crippen molar-refractivity contribution in [1.82, 2.24) is 10.2 Å². The van der Waals surface area contributed by atoms with Crippen molar-refractivity contribution in [2.45, 2.75) is 53.4 Å². The zero-order valence-electron chi connectivity index (χ0n) is 13.5. The first-order valence-corrected chi connectivity index (χ1v) is 7.80. The van der Waals surface area contributed by atoms with E-state index in [4.69, 9.17) is 0 Å². The maximum absolute atomic E-state index is 12.6. The first-order valence-electron chi connectivity index (χ1n) is 7.80. The number of nitrogens with one attached hydrogen (secondary N) is 1. The summed E-state index contributed by atoms with van der Waals surface area (Å²) < 4.78 is 0. The number of carbonyl (C=O) groups excluding carboxylic acids is 1. The van der Waals surface area contributed by atoms with E-state index in [2.05, 4.69) is 37.9 Å². The highest BCUT2D eigenvalue weighted by molar-refractivity contribution is 5.82. The third-order valence-electron chi connectivity index (χ3n) is 4.20. The molecule has 1 aliphatic rings. The van der Waals surface area contributed by atoms with Crippen molar-refractivity contribution in [2.75, 3.05) is 26.7 Å². The predicted octanol–water partition coefficient (Wildman–Crippen LogP) is 2.91. The van der Waals surface area contributed by atoms with E-state index in [1.807, 2.05) is 7.05 Å². The van der Waals surface area contributed by atoms with Crippen LogP contribution in [-0.4, -0.2) is 37.5 Å². The van der Waals surface area contributed by atoms with Crippen molar-refractivity contribution in [3.63, 3.8) is 0 Å². The third kappa shape index (κ3) is 5.13. The molecule has 1 rings (SSSR count). The summed E-state index contributed by atoms with van der Waals surface area (Å²) in [5, 5.41) is 3.21. The number of nitrogens with zero attached hydrogens (tertiary/aromatic N) is 1. The zero-order chi connectivity index (χ0) is 14.5. The Labute approximate surface area is 119 Å². The number of carbonyl (C=O) groups is 1. The summed E-state index contributed by atoms with van der Waals surface area (Å²) in [7, 11) is 2.01. The summed E-state index contributed by atoms with van der Waals surface area (Å²) in [6, 6.07) is 0. The quantitative estimate of drug-likeness (QED) is 0.803. The molecule has 0 bridgehead atoms. The smallest absolute Gasteiger partial charge is 0.228 e. The molecule has 112 valence electrons. The lowest BCUT2D eigenvalue weighted by Crippen LogP contribution is -2.45. The summed E-state index contributed by atoms with van der Waals surface area (Å²) in [5.74, 6) is 1.73. The Balaban J connectivity index is 2.44. The van der Waals surface area contributed by atoms with Crippen LogP contribution in [0.5, 0.6) is 0 Å². The molecule has 0 aliphatic carbocycles. The molecule has 1 N–H and O–H groups in total. The summed E-state index contributed by atoms with van der Waals surface area (Å²) >= 11 is 0. The minimum Gasteiger partial charge on any atom is -0.342 e. The largest absolute Gasteiger partial charge is 0.342 e. The maximum atomic E-state index is 12.6. The van der Waals surface area contributed by atoms with Gasteiger partial charge in [-0.1, -0.05) is 27.7 Å².